The van der Waals surface area contributed by atoms with Crippen molar-refractivity contribution in [2.45, 2.75) is 31.2 Å². The van der Waals surface area contributed by atoms with Gasteiger partial charge in [-0.2, -0.15) is 0 Å². The van der Waals surface area contributed by atoms with Crippen molar-refractivity contribution >= 4 is 17.5 Å². The summed E-state index contributed by atoms with van der Waals surface area (Å²) in [5, 5.41) is 17.1. The lowest BCUT2D eigenvalue weighted by Gasteiger charge is -2.10. The van der Waals surface area contributed by atoms with Crippen LogP contribution in [0.5, 0.6) is 0 Å². The molecule has 1 aromatic carbocycles. The first-order valence-electron chi connectivity index (χ1n) is 8.47. The van der Waals surface area contributed by atoms with Gasteiger partial charge in [0.25, 0.3) is 5.91 Å². The lowest BCUT2D eigenvalue weighted by atomic mass is 10.1. The van der Waals surface area contributed by atoms with E-state index >= 15 is 0 Å². The molecule has 0 saturated heterocycles. The highest BCUT2D eigenvalue weighted by molar-refractivity contribution is 6.32. The highest BCUT2D eigenvalue weighted by atomic mass is 35.5. The maximum atomic E-state index is 12.5. The van der Waals surface area contributed by atoms with Crippen molar-refractivity contribution < 1.29 is 9.90 Å². The SMILES string of the molecule is O=C(N[C@@H]1C=C[C@H](CO)C1)c1nc(C2CC2)n(-c2ccccc2Cl)n1. The molecule has 2 aromatic rings. The van der Waals surface area contributed by atoms with Crippen molar-refractivity contribution in [1.29, 1.82) is 0 Å². The number of halogens is 1. The predicted octanol–water partition coefficient (Wildman–Crippen LogP) is 2.46. The molecule has 4 rings (SSSR count). The average Bonchev–Trinajstić information content (AvgIpc) is 3.20. The number of aliphatic hydroxyl groups is 1. The number of hydrogen-bond donors (Lipinski definition) is 2. The van der Waals surface area contributed by atoms with E-state index in [4.69, 9.17) is 11.6 Å². The first kappa shape index (κ1) is 16.3. The van der Waals surface area contributed by atoms with Gasteiger partial charge in [-0.05, 0) is 31.4 Å². The molecular formula is C18H19ClN4O2. The summed E-state index contributed by atoms with van der Waals surface area (Å²) in [6.45, 7) is 0.0914. The molecule has 6 nitrogen and oxygen atoms in total. The largest absolute Gasteiger partial charge is 0.396 e. The maximum absolute atomic E-state index is 12.5. The van der Waals surface area contributed by atoms with Crippen LogP contribution in [0, 0.1) is 5.92 Å². The van der Waals surface area contributed by atoms with Crippen LogP contribution >= 0.6 is 11.6 Å². The van der Waals surface area contributed by atoms with Crippen LogP contribution < -0.4 is 5.32 Å². The molecule has 2 N–H and O–H groups in total. The van der Waals surface area contributed by atoms with Gasteiger partial charge in [-0.1, -0.05) is 35.9 Å². The van der Waals surface area contributed by atoms with E-state index in [0.29, 0.717) is 17.4 Å². The Hall–Kier alpha value is -2.18. The number of amides is 1. The third-order valence-corrected chi connectivity index (χ3v) is 4.90. The number of nitrogens with zero attached hydrogens (tertiary/aromatic N) is 3. The van der Waals surface area contributed by atoms with Crippen molar-refractivity contribution in [1.82, 2.24) is 20.1 Å². The summed E-state index contributed by atoms with van der Waals surface area (Å²) >= 11 is 6.29. The third kappa shape index (κ3) is 3.32. The molecule has 1 saturated carbocycles. The van der Waals surface area contributed by atoms with Crippen molar-refractivity contribution in [2.24, 2.45) is 5.92 Å². The summed E-state index contributed by atoms with van der Waals surface area (Å²) in [5.74, 6) is 1.06. The molecule has 130 valence electrons. The normalized spacial score (nSPS) is 22.3. The smallest absolute Gasteiger partial charge is 0.291 e. The lowest BCUT2D eigenvalue weighted by Crippen LogP contribution is -2.33. The van der Waals surface area contributed by atoms with Crippen LogP contribution in [0.15, 0.2) is 36.4 Å². The number of carbonyl (C=O) groups is 1. The molecule has 1 fully saturated rings. The fourth-order valence-corrected chi connectivity index (χ4v) is 3.29. The van der Waals surface area contributed by atoms with Gasteiger partial charge in [0.2, 0.25) is 5.82 Å². The van der Waals surface area contributed by atoms with Gasteiger partial charge in [-0.25, -0.2) is 9.67 Å². The van der Waals surface area contributed by atoms with Crippen LogP contribution in [0.2, 0.25) is 5.02 Å². The summed E-state index contributed by atoms with van der Waals surface area (Å²) in [7, 11) is 0. The van der Waals surface area contributed by atoms with Gasteiger partial charge in [-0.3, -0.25) is 4.79 Å². The van der Waals surface area contributed by atoms with Gasteiger partial charge in [0, 0.05) is 24.5 Å². The van der Waals surface area contributed by atoms with Gasteiger partial charge < -0.3 is 10.4 Å². The molecule has 7 heteroatoms. The quantitative estimate of drug-likeness (QED) is 0.805. The number of benzene rings is 1. The summed E-state index contributed by atoms with van der Waals surface area (Å²) in [4.78, 5) is 17.0. The Balaban J connectivity index is 1.59. The van der Waals surface area contributed by atoms with E-state index in [2.05, 4.69) is 15.4 Å². The number of hydrogen-bond acceptors (Lipinski definition) is 4. The summed E-state index contributed by atoms with van der Waals surface area (Å²) < 4.78 is 1.69. The van der Waals surface area contributed by atoms with Crippen molar-refractivity contribution in [2.75, 3.05) is 6.61 Å². The molecular weight excluding hydrogens is 340 g/mol. The molecule has 0 bridgehead atoms. The maximum Gasteiger partial charge on any atom is 0.291 e. The van der Waals surface area contributed by atoms with Crippen LogP contribution in [-0.2, 0) is 0 Å². The number of aromatic nitrogens is 3. The Morgan fingerprint density at radius 1 is 1.32 bits per heavy atom. The second kappa shape index (κ2) is 6.61. The highest BCUT2D eigenvalue weighted by Gasteiger charge is 2.32. The van der Waals surface area contributed by atoms with Crippen LogP contribution in [0.1, 0.15) is 41.6 Å². The molecule has 1 amide bonds. The Bertz CT molecular complexity index is 828. The van der Waals surface area contributed by atoms with E-state index in [1.807, 2.05) is 30.4 Å². The molecule has 2 aliphatic rings. The van der Waals surface area contributed by atoms with Crippen LogP contribution in [0.3, 0.4) is 0 Å². The molecule has 1 aromatic heterocycles. The number of aliphatic hydroxyl groups excluding tert-OH is 1. The number of carbonyl (C=O) groups excluding carboxylic acids is 1. The first-order chi connectivity index (χ1) is 12.2. The minimum absolute atomic E-state index is 0.0914. The van der Waals surface area contributed by atoms with E-state index in [1.165, 1.54) is 0 Å². The molecule has 2 atom stereocenters. The topological polar surface area (TPSA) is 80.0 Å². The van der Waals surface area contributed by atoms with Crippen molar-refractivity contribution in [3.8, 4) is 5.69 Å². The zero-order valence-corrected chi connectivity index (χ0v) is 14.4. The zero-order valence-electron chi connectivity index (χ0n) is 13.6. The predicted molar refractivity (Wildman–Crippen MR) is 93.9 cm³/mol. The number of rotatable bonds is 5. The molecule has 25 heavy (non-hydrogen) atoms. The third-order valence-electron chi connectivity index (χ3n) is 4.58. The van der Waals surface area contributed by atoms with Crippen LogP contribution in [-0.4, -0.2) is 38.4 Å². The van der Waals surface area contributed by atoms with Gasteiger partial charge in [0.15, 0.2) is 0 Å². The molecule has 2 aliphatic carbocycles. The van der Waals surface area contributed by atoms with Gasteiger partial charge in [0.05, 0.1) is 10.7 Å². The van der Waals surface area contributed by atoms with E-state index in [-0.39, 0.29) is 30.3 Å². The summed E-state index contributed by atoms with van der Waals surface area (Å²) in [6, 6.07) is 7.32. The van der Waals surface area contributed by atoms with Crippen LogP contribution in [0.25, 0.3) is 5.69 Å². The van der Waals surface area contributed by atoms with Gasteiger partial charge in [-0.15, -0.1) is 5.10 Å². The zero-order chi connectivity index (χ0) is 17.4. The van der Waals surface area contributed by atoms with Gasteiger partial charge in [0.1, 0.15) is 5.82 Å². The minimum atomic E-state index is -0.305. The number of para-hydroxylation sites is 1. The summed E-state index contributed by atoms with van der Waals surface area (Å²) in [5.41, 5.74) is 0.735. The average molecular weight is 359 g/mol. The van der Waals surface area contributed by atoms with E-state index in [1.54, 1.807) is 10.7 Å². The minimum Gasteiger partial charge on any atom is -0.396 e. The van der Waals surface area contributed by atoms with E-state index in [0.717, 1.165) is 24.4 Å². The number of nitrogens with one attached hydrogen (secondary N) is 1. The second-order valence-electron chi connectivity index (χ2n) is 6.57. The van der Waals surface area contributed by atoms with E-state index in [9.17, 15) is 9.90 Å². The summed E-state index contributed by atoms with van der Waals surface area (Å²) in [6.07, 6.45) is 6.63. The Morgan fingerprint density at radius 2 is 2.12 bits per heavy atom. The Kier molecular flexibility index (Phi) is 4.31. The molecule has 0 unspecified atom stereocenters. The Labute approximate surface area is 150 Å². The monoisotopic (exact) mass is 358 g/mol. The molecule has 0 aliphatic heterocycles. The standard InChI is InChI=1S/C18H19ClN4O2/c19-14-3-1-2-4-15(14)23-17(12-6-7-12)21-16(22-23)18(25)20-13-8-5-11(9-13)10-24/h1-5,8,11-13,24H,6-7,9-10H2,(H,20,25)/t11-,13+/m0/s1. The first-order valence-corrected chi connectivity index (χ1v) is 8.85. The fraction of sp³-hybridized carbons (Fsp3) is 0.389. The van der Waals surface area contributed by atoms with Crippen LogP contribution in [0.4, 0.5) is 0 Å². The molecule has 1 heterocycles. The molecule has 0 radical (unpaired) electrons. The van der Waals surface area contributed by atoms with E-state index < -0.39 is 0 Å². The lowest BCUT2D eigenvalue weighted by molar-refractivity contribution is 0.0930. The van der Waals surface area contributed by atoms with Crippen molar-refractivity contribution in [3.05, 3.63) is 53.1 Å². The van der Waals surface area contributed by atoms with Crippen molar-refractivity contribution in [3.63, 3.8) is 0 Å². The molecule has 0 spiro atoms. The fourth-order valence-electron chi connectivity index (χ4n) is 3.08. The highest BCUT2D eigenvalue weighted by Crippen LogP contribution is 2.40. The Morgan fingerprint density at radius 3 is 2.80 bits per heavy atom. The van der Waals surface area contributed by atoms with Gasteiger partial charge >= 0.3 is 0 Å². The second-order valence-corrected chi connectivity index (χ2v) is 6.98.